The van der Waals surface area contributed by atoms with Gasteiger partial charge >= 0.3 is 0 Å². The van der Waals surface area contributed by atoms with Crippen molar-refractivity contribution in [1.29, 1.82) is 0 Å². The molecule has 108 valence electrons. The molecule has 1 aromatic rings. The van der Waals surface area contributed by atoms with Crippen molar-refractivity contribution in [3.05, 3.63) is 34.9 Å². The van der Waals surface area contributed by atoms with E-state index in [-0.39, 0.29) is 5.41 Å². The van der Waals surface area contributed by atoms with E-state index in [1.165, 1.54) is 12.0 Å². The molecule has 4 heteroatoms. The third kappa shape index (κ3) is 5.04. The molecule has 0 saturated carbocycles. The van der Waals surface area contributed by atoms with Crippen molar-refractivity contribution in [3.8, 4) is 0 Å². The van der Waals surface area contributed by atoms with Gasteiger partial charge in [0, 0.05) is 34.3 Å². The van der Waals surface area contributed by atoms with Gasteiger partial charge in [0.15, 0.2) is 0 Å². The fourth-order valence-corrected chi connectivity index (χ4v) is 4.38. The molecule has 1 nitrogen and oxygen atoms in total. The number of hydrogen-bond donors (Lipinski definition) is 0. The van der Waals surface area contributed by atoms with Gasteiger partial charge in [-0.2, -0.15) is 0 Å². The Balaban J connectivity index is 2.71. The average Bonchev–Trinajstić information content (AvgIpc) is 2.44. The number of hydrogen-bond acceptors (Lipinski definition) is 1. The maximum Gasteiger partial charge on any atom is 0.0475 e. The summed E-state index contributed by atoms with van der Waals surface area (Å²) in [6.07, 6.45) is 3.26. The second kappa shape index (κ2) is 9.38. The Labute approximate surface area is 138 Å². The summed E-state index contributed by atoms with van der Waals surface area (Å²) in [7, 11) is 0. The molecule has 0 bridgehead atoms. The van der Waals surface area contributed by atoms with E-state index in [2.05, 4.69) is 44.8 Å². The highest BCUT2D eigenvalue weighted by molar-refractivity contribution is 9.09. The Morgan fingerprint density at radius 3 is 2.42 bits per heavy atom. The predicted molar refractivity (Wildman–Crippen MR) is 91.1 cm³/mol. The van der Waals surface area contributed by atoms with Crippen LogP contribution in [0.2, 0.25) is 5.02 Å². The van der Waals surface area contributed by atoms with Gasteiger partial charge in [0.2, 0.25) is 0 Å². The first-order valence-corrected chi connectivity index (χ1v) is 9.27. The number of unbranched alkanes of at least 4 members (excludes halogenated alkanes) is 1. The monoisotopic (exact) mass is 410 g/mol. The normalized spacial score (nSPS) is 11.8. The lowest BCUT2D eigenvalue weighted by atomic mass is 9.81. The smallest absolute Gasteiger partial charge is 0.0475 e. The van der Waals surface area contributed by atoms with E-state index in [0.29, 0.717) is 0 Å². The van der Waals surface area contributed by atoms with E-state index in [9.17, 15) is 0 Å². The van der Waals surface area contributed by atoms with E-state index < -0.39 is 0 Å². The molecule has 0 N–H and O–H groups in total. The number of alkyl halides is 2. The van der Waals surface area contributed by atoms with Crippen LogP contribution < -0.4 is 0 Å². The van der Waals surface area contributed by atoms with Crippen molar-refractivity contribution in [3.63, 3.8) is 0 Å². The summed E-state index contributed by atoms with van der Waals surface area (Å²) < 4.78 is 5.71. The first-order chi connectivity index (χ1) is 9.20. The van der Waals surface area contributed by atoms with Gasteiger partial charge < -0.3 is 4.74 Å². The molecule has 0 radical (unpaired) electrons. The predicted octanol–water partition coefficient (Wildman–Crippen LogP) is 5.57. The molecule has 0 aromatic heterocycles. The van der Waals surface area contributed by atoms with Gasteiger partial charge in [-0.3, -0.25) is 0 Å². The van der Waals surface area contributed by atoms with Gasteiger partial charge in [-0.05, 0) is 24.5 Å². The van der Waals surface area contributed by atoms with Gasteiger partial charge in [-0.15, -0.1) is 0 Å². The molecule has 0 aliphatic rings. The second-order valence-electron chi connectivity index (χ2n) is 4.74. The number of benzene rings is 1. The first-order valence-electron chi connectivity index (χ1n) is 6.65. The fraction of sp³-hybridized carbons (Fsp3) is 0.600. The van der Waals surface area contributed by atoms with Gasteiger partial charge in [-0.25, -0.2) is 0 Å². The van der Waals surface area contributed by atoms with Crippen LogP contribution in [0.15, 0.2) is 24.3 Å². The second-order valence-corrected chi connectivity index (χ2v) is 6.27. The molecule has 0 atom stereocenters. The average molecular weight is 413 g/mol. The molecule has 0 heterocycles. The molecule has 0 unspecified atom stereocenters. The zero-order valence-electron chi connectivity index (χ0n) is 11.3. The SMILES string of the molecule is CCCCOCCC(CBr)(CBr)c1ccccc1Cl. The van der Waals surface area contributed by atoms with Gasteiger partial charge in [0.25, 0.3) is 0 Å². The minimum Gasteiger partial charge on any atom is -0.381 e. The van der Waals surface area contributed by atoms with Crippen LogP contribution in [0, 0.1) is 0 Å². The molecule has 1 rings (SSSR count). The van der Waals surface area contributed by atoms with E-state index in [4.69, 9.17) is 16.3 Å². The molecule has 19 heavy (non-hydrogen) atoms. The fourth-order valence-electron chi connectivity index (χ4n) is 1.96. The third-order valence-electron chi connectivity index (χ3n) is 3.32. The topological polar surface area (TPSA) is 9.23 Å². The molecule has 0 fully saturated rings. The molecular weight excluding hydrogens is 391 g/mol. The Morgan fingerprint density at radius 2 is 1.84 bits per heavy atom. The van der Waals surface area contributed by atoms with Gasteiger partial charge in [0.1, 0.15) is 0 Å². The Bertz CT molecular complexity index is 367. The summed E-state index contributed by atoms with van der Waals surface area (Å²) in [6.45, 7) is 3.79. The van der Waals surface area contributed by atoms with Crippen molar-refractivity contribution in [2.75, 3.05) is 23.9 Å². The van der Waals surface area contributed by atoms with Crippen molar-refractivity contribution in [2.24, 2.45) is 0 Å². The lowest BCUT2D eigenvalue weighted by Gasteiger charge is -2.31. The Morgan fingerprint density at radius 1 is 1.16 bits per heavy atom. The molecule has 0 aliphatic carbocycles. The van der Waals surface area contributed by atoms with Crippen LogP contribution >= 0.6 is 43.5 Å². The van der Waals surface area contributed by atoms with Crippen LogP contribution in [0.5, 0.6) is 0 Å². The zero-order valence-corrected chi connectivity index (χ0v) is 15.2. The minimum atomic E-state index is -0.00937. The Kier molecular flexibility index (Phi) is 8.63. The van der Waals surface area contributed by atoms with Crippen LogP contribution in [-0.4, -0.2) is 23.9 Å². The maximum atomic E-state index is 6.35. The van der Waals surface area contributed by atoms with Crippen LogP contribution in [0.4, 0.5) is 0 Å². The summed E-state index contributed by atoms with van der Waals surface area (Å²) in [5, 5.41) is 2.56. The maximum absolute atomic E-state index is 6.35. The number of halogens is 3. The van der Waals surface area contributed by atoms with Gasteiger partial charge in [0.05, 0.1) is 0 Å². The van der Waals surface area contributed by atoms with E-state index in [1.54, 1.807) is 0 Å². The zero-order chi connectivity index (χ0) is 14.1. The molecule has 1 aromatic carbocycles. The summed E-state index contributed by atoms with van der Waals surface area (Å²) in [5.41, 5.74) is 1.18. The first kappa shape index (κ1) is 17.5. The molecule has 0 spiro atoms. The molecule has 0 amide bonds. The third-order valence-corrected chi connectivity index (χ3v) is 5.80. The summed E-state index contributed by atoms with van der Waals surface area (Å²) >= 11 is 13.6. The van der Waals surface area contributed by atoms with E-state index in [0.717, 1.165) is 41.7 Å². The van der Waals surface area contributed by atoms with Crippen molar-refractivity contribution >= 4 is 43.5 Å². The number of ether oxygens (including phenoxy) is 1. The standard InChI is InChI=1S/C15H21Br2ClO/c1-2-3-9-19-10-8-15(11-16,12-17)13-6-4-5-7-14(13)18/h4-7H,2-3,8-12H2,1H3. The minimum absolute atomic E-state index is 0.00937. The van der Waals surface area contributed by atoms with Gasteiger partial charge in [-0.1, -0.05) is 75.0 Å². The number of rotatable bonds is 9. The van der Waals surface area contributed by atoms with Crippen LogP contribution in [-0.2, 0) is 10.2 Å². The molecule has 0 aliphatic heterocycles. The van der Waals surface area contributed by atoms with Crippen molar-refractivity contribution in [2.45, 2.75) is 31.6 Å². The quantitative estimate of drug-likeness (QED) is 0.380. The van der Waals surface area contributed by atoms with Crippen molar-refractivity contribution < 1.29 is 4.74 Å². The summed E-state index contributed by atoms with van der Waals surface area (Å²) in [5.74, 6) is 0. The van der Waals surface area contributed by atoms with E-state index >= 15 is 0 Å². The summed E-state index contributed by atoms with van der Waals surface area (Å²) in [6, 6.07) is 8.07. The van der Waals surface area contributed by atoms with Crippen LogP contribution in [0.1, 0.15) is 31.7 Å². The highest BCUT2D eigenvalue weighted by Crippen LogP contribution is 2.36. The van der Waals surface area contributed by atoms with Crippen molar-refractivity contribution in [1.82, 2.24) is 0 Å². The summed E-state index contributed by atoms with van der Waals surface area (Å²) in [4.78, 5) is 0. The van der Waals surface area contributed by atoms with Crippen LogP contribution in [0.3, 0.4) is 0 Å². The lowest BCUT2D eigenvalue weighted by molar-refractivity contribution is 0.117. The highest BCUT2D eigenvalue weighted by atomic mass is 79.9. The van der Waals surface area contributed by atoms with E-state index in [1.807, 2.05) is 18.2 Å². The largest absolute Gasteiger partial charge is 0.381 e. The highest BCUT2D eigenvalue weighted by Gasteiger charge is 2.31. The lowest BCUT2D eigenvalue weighted by Crippen LogP contribution is -2.32. The van der Waals surface area contributed by atoms with Crippen LogP contribution in [0.25, 0.3) is 0 Å². The molecular formula is C15H21Br2ClO. The molecule has 0 saturated heterocycles. The Hall–Kier alpha value is 0.430.